The Morgan fingerprint density at radius 2 is 1.16 bits per heavy atom. The van der Waals surface area contributed by atoms with Gasteiger partial charge in [-0.2, -0.15) is 0 Å². The first-order valence-electron chi connectivity index (χ1n) is 14.9. The zero-order valence-electron chi connectivity index (χ0n) is 24.0. The minimum atomic E-state index is 0.229. The highest BCUT2D eigenvalue weighted by Gasteiger charge is 2.17. The van der Waals surface area contributed by atoms with Crippen molar-refractivity contribution in [3.05, 3.63) is 151 Å². The summed E-state index contributed by atoms with van der Waals surface area (Å²) < 4.78 is 0. The maximum Gasteiger partial charge on any atom is 0.0705 e. The van der Waals surface area contributed by atoms with Crippen LogP contribution >= 0.6 is 0 Å². The Bertz CT molecular complexity index is 2160. The largest absolute Gasteiger partial charge is 0.269 e. The number of aryl methyl sites for hydroxylation is 1. The molecule has 0 saturated heterocycles. The zero-order chi connectivity index (χ0) is 28.8. The Hall–Kier alpha value is -5.34. The number of nitrogens with zero attached hydrogens (tertiary/aromatic N) is 2. The van der Waals surface area contributed by atoms with Crippen LogP contribution in [0.15, 0.2) is 145 Å². The van der Waals surface area contributed by atoms with Crippen molar-refractivity contribution in [1.29, 1.82) is 0 Å². The summed E-state index contributed by atoms with van der Waals surface area (Å²) in [6.07, 6.45) is 6.90. The van der Waals surface area contributed by atoms with Crippen LogP contribution in [0.3, 0.4) is 0 Å². The van der Waals surface area contributed by atoms with Crippen molar-refractivity contribution in [2.24, 2.45) is 4.99 Å². The molecule has 1 atom stereocenters. The molecule has 1 aliphatic heterocycles. The van der Waals surface area contributed by atoms with Crippen molar-refractivity contribution in [2.45, 2.75) is 19.3 Å². The smallest absolute Gasteiger partial charge is 0.0705 e. The molecule has 2 heterocycles. The molecular formula is C41H30N2. The van der Waals surface area contributed by atoms with Crippen LogP contribution in [0.2, 0.25) is 0 Å². The van der Waals surface area contributed by atoms with Gasteiger partial charge in [0.05, 0.1) is 5.69 Å². The highest BCUT2D eigenvalue weighted by molar-refractivity contribution is 6.21. The summed E-state index contributed by atoms with van der Waals surface area (Å²) in [5.41, 5.74) is 9.46. The molecule has 6 aromatic carbocycles. The highest BCUT2D eigenvalue weighted by atomic mass is 14.7. The fourth-order valence-corrected chi connectivity index (χ4v) is 6.58. The molecule has 0 fully saturated rings. The lowest BCUT2D eigenvalue weighted by atomic mass is 9.85. The van der Waals surface area contributed by atoms with Crippen LogP contribution in [0, 0.1) is 6.92 Å². The van der Waals surface area contributed by atoms with Gasteiger partial charge in [0.1, 0.15) is 0 Å². The summed E-state index contributed by atoms with van der Waals surface area (Å²) in [4.78, 5) is 9.34. The molecule has 7 aromatic rings. The van der Waals surface area contributed by atoms with Crippen LogP contribution in [0.4, 0.5) is 0 Å². The summed E-state index contributed by atoms with van der Waals surface area (Å²) >= 11 is 0. The van der Waals surface area contributed by atoms with E-state index in [4.69, 9.17) is 4.98 Å². The number of allylic oxidation sites excluding steroid dienone is 1. The maximum atomic E-state index is 5.02. The van der Waals surface area contributed by atoms with Gasteiger partial charge in [-0.25, -0.2) is 0 Å². The van der Waals surface area contributed by atoms with E-state index in [9.17, 15) is 0 Å². The quantitative estimate of drug-likeness (QED) is 0.200. The third-order valence-corrected chi connectivity index (χ3v) is 8.68. The lowest BCUT2D eigenvalue weighted by Gasteiger charge is -2.18. The summed E-state index contributed by atoms with van der Waals surface area (Å²) in [5.74, 6) is 0.229. The summed E-state index contributed by atoms with van der Waals surface area (Å²) in [5, 5.41) is 7.60. The van der Waals surface area contributed by atoms with E-state index in [0.717, 1.165) is 23.4 Å². The molecular weight excluding hydrogens is 520 g/mol. The number of hydrogen-bond donors (Lipinski definition) is 0. The average Bonchev–Trinajstić information content (AvgIpc) is 3.07. The number of fused-ring (bicyclic) bond motifs is 3. The number of rotatable bonds is 4. The fraction of sp³-hybridized carbons (Fsp3) is 0.0732. The molecule has 0 radical (unpaired) electrons. The molecule has 1 aromatic heterocycles. The van der Waals surface area contributed by atoms with E-state index in [0.29, 0.717) is 0 Å². The second kappa shape index (κ2) is 10.5. The van der Waals surface area contributed by atoms with Crippen molar-refractivity contribution in [3.63, 3.8) is 0 Å². The molecule has 43 heavy (non-hydrogen) atoms. The molecule has 0 spiro atoms. The average molecular weight is 551 g/mol. The second-order valence-corrected chi connectivity index (χ2v) is 11.5. The monoisotopic (exact) mass is 550 g/mol. The van der Waals surface area contributed by atoms with Crippen LogP contribution in [-0.2, 0) is 0 Å². The minimum absolute atomic E-state index is 0.229. The molecule has 2 heteroatoms. The first kappa shape index (κ1) is 25.4. The van der Waals surface area contributed by atoms with Crippen LogP contribution in [0.25, 0.3) is 65.8 Å². The predicted molar refractivity (Wildman–Crippen MR) is 183 cm³/mol. The normalized spacial score (nSPS) is 14.6. The first-order chi connectivity index (χ1) is 21.2. The van der Waals surface area contributed by atoms with Gasteiger partial charge in [-0.1, -0.05) is 121 Å². The molecule has 1 unspecified atom stereocenters. The van der Waals surface area contributed by atoms with Gasteiger partial charge in [-0.05, 0) is 86.1 Å². The number of benzene rings is 6. The molecule has 8 rings (SSSR count). The Morgan fingerprint density at radius 1 is 0.558 bits per heavy atom. The van der Waals surface area contributed by atoms with Gasteiger partial charge >= 0.3 is 0 Å². The standard InChI is InChI=1S/C41H30N2/c1-27-15-16-31-25-32(22-21-30(31)24-27)41-36-11-4-2-9-34(36)40(35-10-3-5-12-37(35)41)29-19-17-28(18-20-29)38-13-6-14-39(43-38)33-8-7-23-42-26-33/h2-7,9-26,33H,8H2,1H3. The zero-order valence-corrected chi connectivity index (χ0v) is 24.0. The van der Waals surface area contributed by atoms with E-state index in [-0.39, 0.29) is 5.92 Å². The van der Waals surface area contributed by atoms with Crippen molar-refractivity contribution in [3.8, 4) is 33.5 Å². The lowest BCUT2D eigenvalue weighted by molar-refractivity contribution is 0.868. The van der Waals surface area contributed by atoms with Crippen LogP contribution in [0.1, 0.15) is 23.6 Å². The number of hydrogen-bond acceptors (Lipinski definition) is 2. The molecule has 2 nitrogen and oxygen atoms in total. The SMILES string of the molecule is Cc1ccc2cc(-c3c4ccccc4c(-c4ccc(-c5cccc(C6C=NC=CC6)n5)cc4)c4ccccc34)ccc2c1. The van der Waals surface area contributed by atoms with Crippen LogP contribution < -0.4 is 0 Å². The Morgan fingerprint density at radius 3 is 1.84 bits per heavy atom. The summed E-state index contributed by atoms with van der Waals surface area (Å²) in [6.45, 7) is 2.15. The van der Waals surface area contributed by atoms with Crippen molar-refractivity contribution < 1.29 is 0 Å². The number of aliphatic imine (C=N–C) groups is 1. The number of pyridine rings is 1. The van der Waals surface area contributed by atoms with Gasteiger partial charge in [-0.3, -0.25) is 9.98 Å². The topological polar surface area (TPSA) is 25.2 Å². The van der Waals surface area contributed by atoms with E-state index in [2.05, 4.69) is 145 Å². The van der Waals surface area contributed by atoms with E-state index < -0.39 is 0 Å². The third kappa shape index (κ3) is 4.52. The van der Waals surface area contributed by atoms with Gasteiger partial charge in [0.2, 0.25) is 0 Å². The maximum absolute atomic E-state index is 5.02. The van der Waals surface area contributed by atoms with E-state index in [1.165, 1.54) is 60.1 Å². The van der Waals surface area contributed by atoms with Crippen LogP contribution in [-0.4, -0.2) is 11.2 Å². The molecule has 204 valence electrons. The van der Waals surface area contributed by atoms with Crippen molar-refractivity contribution in [1.82, 2.24) is 4.98 Å². The lowest BCUT2D eigenvalue weighted by Crippen LogP contribution is -2.04. The molecule has 0 aliphatic carbocycles. The predicted octanol–water partition coefficient (Wildman–Crippen LogP) is 10.9. The molecule has 0 bridgehead atoms. The van der Waals surface area contributed by atoms with Gasteiger partial charge in [0.25, 0.3) is 0 Å². The van der Waals surface area contributed by atoms with Gasteiger partial charge in [0, 0.05) is 29.6 Å². The van der Waals surface area contributed by atoms with Crippen molar-refractivity contribution in [2.75, 3.05) is 0 Å². The van der Waals surface area contributed by atoms with E-state index in [1.54, 1.807) is 0 Å². The third-order valence-electron chi connectivity index (χ3n) is 8.68. The van der Waals surface area contributed by atoms with Gasteiger partial charge in [-0.15, -0.1) is 0 Å². The van der Waals surface area contributed by atoms with Crippen LogP contribution in [0.5, 0.6) is 0 Å². The second-order valence-electron chi connectivity index (χ2n) is 11.5. The van der Waals surface area contributed by atoms with Gasteiger partial charge < -0.3 is 0 Å². The summed E-state index contributed by atoms with van der Waals surface area (Å²) in [7, 11) is 0. The summed E-state index contributed by atoms with van der Waals surface area (Å²) in [6, 6.07) is 46.5. The molecule has 0 N–H and O–H groups in total. The Balaban J connectivity index is 1.27. The first-order valence-corrected chi connectivity index (χ1v) is 14.9. The Labute approximate surface area is 251 Å². The van der Waals surface area contributed by atoms with E-state index in [1.807, 2.05) is 12.4 Å². The molecule has 0 amide bonds. The van der Waals surface area contributed by atoms with E-state index >= 15 is 0 Å². The number of aromatic nitrogens is 1. The highest BCUT2D eigenvalue weighted by Crippen LogP contribution is 2.44. The molecule has 1 aliphatic rings. The Kier molecular flexibility index (Phi) is 6.19. The van der Waals surface area contributed by atoms with Gasteiger partial charge in [0.15, 0.2) is 0 Å². The van der Waals surface area contributed by atoms with Crippen molar-refractivity contribution >= 4 is 38.5 Å². The molecule has 0 saturated carbocycles. The minimum Gasteiger partial charge on any atom is -0.269 e. The fourth-order valence-electron chi connectivity index (χ4n) is 6.58.